The second-order valence-corrected chi connectivity index (χ2v) is 0.577. The molecule has 0 aromatic rings. The molecule has 0 radical (unpaired) electrons. The molecule has 0 bridgehead atoms. The molecule has 0 saturated carbocycles. The molecular weight excluding hydrogens is 362 g/mol. The molecule has 0 amide bonds. The minimum absolute atomic E-state index is 0. The summed E-state index contributed by atoms with van der Waals surface area (Å²) in [6, 6.07) is 0. The van der Waals surface area contributed by atoms with E-state index in [-0.39, 0.29) is 50.5 Å². The van der Waals surface area contributed by atoms with Gasteiger partial charge in [-0.2, -0.15) is 0 Å². The van der Waals surface area contributed by atoms with Crippen LogP contribution < -0.4 is 40.9 Å². The second-order valence-electron chi connectivity index (χ2n) is 0.577. The van der Waals surface area contributed by atoms with Gasteiger partial charge in [0.05, 0.1) is 0 Å². The van der Waals surface area contributed by atoms with Gasteiger partial charge in [-0.1, -0.05) is 0 Å². The average Bonchev–Trinajstić information content (AvgIpc) is 1.37. The Morgan fingerprint density at radius 1 is 1.00 bits per heavy atom. The largest absolute Gasteiger partial charge is 2.00 e. The number of hydrogen-bond donors (Lipinski definition) is 2. The van der Waals surface area contributed by atoms with Crippen LogP contribution in [-0.2, 0) is 21.1 Å². The summed E-state index contributed by atoms with van der Waals surface area (Å²) in [5, 5.41) is 0. The van der Waals surface area contributed by atoms with Crippen LogP contribution >= 0.6 is 0 Å². The van der Waals surface area contributed by atoms with Crippen molar-refractivity contribution in [2.24, 2.45) is 11.5 Å². The van der Waals surface area contributed by atoms with Crippen LogP contribution in [0.25, 0.3) is 0 Å². The molecule has 0 saturated heterocycles. The SMILES string of the molecule is NCCN.[Br-].[Cl-].[Pt+2]. The Balaban J connectivity index is -0.0000000150. The molecule has 5 heteroatoms. The fourth-order valence-corrected chi connectivity index (χ4v) is 0. The van der Waals surface area contributed by atoms with Gasteiger partial charge in [0.25, 0.3) is 0 Å². The van der Waals surface area contributed by atoms with Crippen molar-refractivity contribution in [2.75, 3.05) is 13.1 Å². The molecule has 0 aliphatic carbocycles. The zero-order valence-electron chi connectivity index (χ0n) is 3.64. The molecule has 0 spiro atoms. The predicted octanol–water partition coefficient (Wildman–Crippen LogP) is -7.09. The Hall–Kier alpha value is 1.38. The normalized spacial score (nSPS) is 4.29. The average molecular weight is 371 g/mol. The van der Waals surface area contributed by atoms with E-state index < -0.39 is 0 Å². The minimum Gasteiger partial charge on any atom is -1.00 e. The van der Waals surface area contributed by atoms with Crippen molar-refractivity contribution in [3.8, 4) is 0 Å². The zero-order chi connectivity index (χ0) is 3.41. The van der Waals surface area contributed by atoms with Crippen molar-refractivity contribution in [3.05, 3.63) is 0 Å². The molecule has 0 heterocycles. The van der Waals surface area contributed by atoms with Crippen LogP contribution in [0.15, 0.2) is 0 Å². The molecule has 2 nitrogen and oxygen atoms in total. The van der Waals surface area contributed by atoms with Crippen molar-refractivity contribution in [1.82, 2.24) is 0 Å². The van der Waals surface area contributed by atoms with Gasteiger partial charge in [-0.25, -0.2) is 0 Å². The Kier molecular flexibility index (Phi) is 89.4. The molecular formula is C2H8BrClN2Pt. The van der Waals surface area contributed by atoms with Crippen molar-refractivity contribution < 1.29 is 50.5 Å². The van der Waals surface area contributed by atoms with Crippen LogP contribution in [0, 0.1) is 0 Å². The molecule has 0 aromatic heterocycles. The molecule has 0 rings (SSSR count). The third-order valence-corrected chi connectivity index (χ3v) is 0.167. The van der Waals surface area contributed by atoms with Crippen molar-refractivity contribution >= 4 is 0 Å². The Bertz CT molecular complexity index is 17.7. The van der Waals surface area contributed by atoms with Gasteiger partial charge in [0.2, 0.25) is 0 Å². The molecule has 7 heavy (non-hydrogen) atoms. The number of rotatable bonds is 1. The molecule has 0 unspecified atom stereocenters. The van der Waals surface area contributed by atoms with Crippen LogP contribution in [0.5, 0.6) is 0 Å². The zero-order valence-corrected chi connectivity index (χ0v) is 8.26. The maximum absolute atomic E-state index is 4.90. The van der Waals surface area contributed by atoms with E-state index >= 15 is 0 Å². The van der Waals surface area contributed by atoms with Gasteiger partial charge in [0.15, 0.2) is 0 Å². The molecule has 0 aliphatic heterocycles. The van der Waals surface area contributed by atoms with Crippen molar-refractivity contribution in [2.45, 2.75) is 0 Å². The number of halogens is 2. The first kappa shape index (κ1) is 23.8. The van der Waals surface area contributed by atoms with Crippen LogP contribution in [0.1, 0.15) is 0 Å². The third-order valence-electron chi connectivity index (χ3n) is 0.167. The smallest absolute Gasteiger partial charge is 1.00 e. The van der Waals surface area contributed by atoms with Gasteiger partial charge in [0.1, 0.15) is 0 Å². The fourth-order valence-electron chi connectivity index (χ4n) is 0. The molecule has 0 aromatic carbocycles. The van der Waals surface area contributed by atoms with Gasteiger partial charge in [-0.15, -0.1) is 0 Å². The van der Waals surface area contributed by atoms with Crippen LogP contribution in [0.2, 0.25) is 0 Å². The maximum atomic E-state index is 4.90. The van der Waals surface area contributed by atoms with E-state index in [0.29, 0.717) is 13.1 Å². The topological polar surface area (TPSA) is 52.0 Å². The Labute approximate surface area is 74.8 Å². The summed E-state index contributed by atoms with van der Waals surface area (Å²) >= 11 is 0. The van der Waals surface area contributed by atoms with Crippen LogP contribution in [0.4, 0.5) is 0 Å². The number of nitrogens with two attached hydrogens (primary N) is 2. The number of hydrogen-bond acceptors (Lipinski definition) is 2. The summed E-state index contributed by atoms with van der Waals surface area (Å²) in [5.74, 6) is 0. The van der Waals surface area contributed by atoms with E-state index in [1.165, 1.54) is 0 Å². The van der Waals surface area contributed by atoms with Gasteiger partial charge in [-0.3, -0.25) is 0 Å². The Morgan fingerprint density at radius 2 is 1.14 bits per heavy atom. The molecule has 0 aliphatic rings. The Morgan fingerprint density at radius 3 is 1.14 bits per heavy atom. The van der Waals surface area contributed by atoms with E-state index in [1.54, 1.807) is 0 Å². The summed E-state index contributed by atoms with van der Waals surface area (Å²) in [5.41, 5.74) is 9.81. The second kappa shape index (κ2) is 26.3. The van der Waals surface area contributed by atoms with Gasteiger partial charge in [-0.05, 0) is 0 Å². The van der Waals surface area contributed by atoms with Crippen LogP contribution in [-0.4, -0.2) is 13.1 Å². The van der Waals surface area contributed by atoms with Gasteiger partial charge >= 0.3 is 21.1 Å². The first-order valence-electron chi connectivity index (χ1n) is 1.32. The fraction of sp³-hybridized carbons (Fsp3) is 1.00. The minimum atomic E-state index is 0. The third kappa shape index (κ3) is 37.7. The summed E-state index contributed by atoms with van der Waals surface area (Å²) in [4.78, 5) is 0. The predicted molar refractivity (Wildman–Crippen MR) is 18.1 cm³/mol. The van der Waals surface area contributed by atoms with E-state index in [4.69, 9.17) is 11.5 Å². The first-order valence-corrected chi connectivity index (χ1v) is 1.32. The summed E-state index contributed by atoms with van der Waals surface area (Å²) in [6.45, 7) is 1.19. The molecule has 50 valence electrons. The molecule has 0 fully saturated rings. The summed E-state index contributed by atoms with van der Waals surface area (Å²) in [6.07, 6.45) is 0. The summed E-state index contributed by atoms with van der Waals surface area (Å²) < 4.78 is 0. The molecule has 4 N–H and O–H groups in total. The maximum Gasteiger partial charge on any atom is 2.00 e. The summed E-state index contributed by atoms with van der Waals surface area (Å²) in [7, 11) is 0. The van der Waals surface area contributed by atoms with E-state index in [1.807, 2.05) is 0 Å². The van der Waals surface area contributed by atoms with E-state index in [2.05, 4.69) is 0 Å². The first-order chi connectivity index (χ1) is 1.91. The van der Waals surface area contributed by atoms with Crippen LogP contribution in [0.3, 0.4) is 0 Å². The molecule has 0 atom stereocenters. The van der Waals surface area contributed by atoms with E-state index in [9.17, 15) is 0 Å². The standard InChI is InChI=1S/C2H8N2.BrH.ClH.Pt/c3-1-2-4;;;/h1-4H2;2*1H;/q;;;+2/p-2. The van der Waals surface area contributed by atoms with Gasteiger partial charge in [0, 0.05) is 13.1 Å². The quantitative estimate of drug-likeness (QED) is 0.482. The van der Waals surface area contributed by atoms with Crippen molar-refractivity contribution in [1.29, 1.82) is 0 Å². The van der Waals surface area contributed by atoms with Gasteiger partial charge < -0.3 is 40.9 Å². The van der Waals surface area contributed by atoms with E-state index in [0.717, 1.165) is 0 Å². The monoisotopic (exact) mass is 369 g/mol. The van der Waals surface area contributed by atoms with Crippen molar-refractivity contribution in [3.63, 3.8) is 0 Å².